The van der Waals surface area contributed by atoms with E-state index in [-0.39, 0.29) is 0 Å². The number of benzene rings is 1. The maximum absolute atomic E-state index is 13.3. The van der Waals surface area contributed by atoms with Crippen molar-refractivity contribution in [3.63, 3.8) is 0 Å². The van der Waals surface area contributed by atoms with E-state index >= 15 is 0 Å². The molecule has 0 aliphatic carbocycles. The quantitative estimate of drug-likeness (QED) is 0.250. The first-order chi connectivity index (χ1) is 10.7. The van der Waals surface area contributed by atoms with Crippen LogP contribution in [-0.4, -0.2) is 24.6 Å². The molecule has 0 fully saturated rings. The van der Waals surface area contributed by atoms with Gasteiger partial charge in [0.15, 0.2) is 17.4 Å². The Morgan fingerprint density at radius 3 is 1.67 bits per heavy atom. The van der Waals surface area contributed by atoms with Crippen molar-refractivity contribution in [2.75, 3.05) is 0 Å². The molecule has 136 valence electrons. The fourth-order valence-electron chi connectivity index (χ4n) is 1.37. The first-order valence-electron chi connectivity index (χ1n) is 5.52. The first kappa shape index (κ1) is 19.8. The molecule has 0 bridgehead atoms. The molecule has 0 saturated carbocycles. The number of halogens is 10. The van der Waals surface area contributed by atoms with Gasteiger partial charge in [-0.1, -0.05) is 0 Å². The standard InChI is InChI=1S/C11H4F10O3/c1-2-3(12)4(13)5(14)6(15)7(2)23-9(22)24-8(10(16,17)18)11(19,20)21/h8H,1H3. The van der Waals surface area contributed by atoms with Crippen molar-refractivity contribution < 1.29 is 58.2 Å². The summed E-state index contributed by atoms with van der Waals surface area (Å²) in [4.78, 5) is 11.0. The van der Waals surface area contributed by atoms with Gasteiger partial charge in [-0.05, 0) is 6.92 Å². The highest BCUT2D eigenvalue weighted by molar-refractivity contribution is 5.65. The summed E-state index contributed by atoms with van der Waals surface area (Å²) in [6.07, 6.45) is -19.6. The molecule has 0 heterocycles. The number of hydrogen-bond donors (Lipinski definition) is 0. The molecule has 0 unspecified atom stereocenters. The molecule has 1 aromatic carbocycles. The summed E-state index contributed by atoms with van der Waals surface area (Å²) in [6.45, 7) is 0.522. The zero-order valence-electron chi connectivity index (χ0n) is 11.1. The first-order valence-corrected chi connectivity index (χ1v) is 5.52. The molecule has 3 nitrogen and oxygen atoms in total. The molecule has 24 heavy (non-hydrogen) atoms. The summed E-state index contributed by atoms with van der Waals surface area (Å²) < 4.78 is 132. The van der Waals surface area contributed by atoms with Gasteiger partial charge in [0.05, 0.1) is 0 Å². The van der Waals surface area contributed by atoms with Crippen molar-refractivity contribution in [1.82, 2.24) is 0 Å². The van der Waals surface area contributed by atoms with Crippen LogP contribution in [0.1, 0.15) is 5.56 Å². The van der Waals surface area contributed by atoms with Gasteiger partial charge >= 0.3 is 18.5 Å². The lowest BCUT2D eigenvalue weighted by atomic mass is 10.2. The summed E-state index contributed by atoms with van der Waals surface area (Å²) in [5.41, 5.74) is -1.22. The predicted molar refractivity (Wildman–Crippen MR) is 54.0 cm³/mol. The van der Waals surface area contributed by atoms with Gasteiger partial charge in [-0.3, -0.25) is 0 Å². The van der Waals surface area contributed by atoms with Crippen molar-refractivity contribution in [2.24, 2.45) is 0 Å². The number of carbonyl (C=O) groups excluding carboxylic acids is 1. The van der Waals surface area contributed by atoms with Crippen LogP contribution in [0, 0.1) is 30.2 Å². The second kappa shape index (κ2) is 6.36. The molecule has 1 rings (SSSR count). The Morgan fingerprint density at radius 1 is 0.833 bits per heavy atom. The topological polar surface area (TPSA) is 35.5 Å². The van der Waals surface area contributed by atoms with Crippen molar-refractivity contribution in [3.8, 4) is 5.75 Å². The maximum Gasteiger partial charge on any atom is 0.514 e. The van der Waals surface area contributed by atoms with Gasteiger partial charge < -0.3 is 9.47 Å². The minimum Gasteiger partial charge on any atom is -0.411 e. The number of alkyl halides is 6. The summed E-state index contributed by atoms with van der Waals surface area (Å²) in [6, 6.07) is 0. The minimum absolute atomic E-state index is 0.522. The molecule has 0 aromatic heterocycles. The molecule has 0 saturated heterocycles. The van der Waals surface area contributed by atoms with E-state index in [1.165, 1.54) is 0 Å². The molecule has 0 N–H and O–H groups in total. The van der Waals surface area contributed by atoms with E-state index in [1.807, 2.05) is 0 Å². The Labute approximate surface area is 125 Å². The van der Waals surface area contributed by atoms with Crippen LogP contribution in [0.2, 0.25) is 0 Å². The highest BCUT2D eigenvalue weighted by atomic mass is 19.4. The van der Waals surface area contributed by atoms with E-state index in [1.54, 1.807) is 0 Å². The summed E-state index contributed by atoms with van der Waals surface area (Å²) in [5.74, 6) is -11.0. The van der Waals surface area contributed by atoms with Gasteiger partial charge in [-0.15, -0.1) is 0 Å². The average molecular weight is 374 g/mol. The van der Waals surface area contributed by atoms with E-state index in [9.17, 15) is 48.7 Å². The fraction of sp³-hybridized carbons (Fsp3) is 0.364. The lowest BCUT2D eigenvalue weighted by Crippen LogP contribution is -2.46. The van der Waals surface area contributed by atoms with Crippen LogP contribution in [0.15, 0.2) is 0 Å². The van der Waals surface area contributed by atoms with Crippen molar-refractivity contribution >= 4 is 6.16 Å². The molecule has 0 aliphatic rings. The smallest absolute Gasteiger partial charge is 0.411 e. The molecule has 0 amide bonds. The lowest BCUT2D eigenvalue weighted by molar-refractivity contribution is -0.309. The SMILES string of the molecule is Cc1c(F)c(F)c(F)c(F)c1OC(=O)OC(C(F)(F)F)C(F)(F)F. The Hall–Kier alpha value is -2.21. The van der Waals surface area contributed by atoms with Crippen molar-refractivity contribution in [1.29, 1.82) is 0 Å². The average Bonchev–Trinajstić information content (AvgIpc) is 2.42. The summed E-state index contributed by atoms with van der Waals surface area (Å²) in [5, 5.41) is 0. The van der Waals surface area contributed by atoms with Crippen LogP contribution in [0.4, 0.5) is 48.7 Å². The number of rotatable bonds is 2. The van der Waals surface area contributed by atoms with Gasteiger partial charge in [-0.25, -0.2) is 18.0 Å². The van der Waals surface area contributed by atoms with E-state index in [0.29, 0.717) is 6.92 Å². The Morgan fingerprint density at radius 2 is 1.25 bits per heavy atom. The van der Waals surface area contributed by atoms with Gasteiger partial charge in [0.1, 0.15) is 0 Å². The van der Waals surface area contributed by atoms with E-state index in [0.717, 1.165) is 0 Å². The molecule has 0 atom stereocenters. The van der Waals surface area contributed by atoms with Gasteiger partial charge in [0.25, 0.3) is 6.10 Å². The lowest BCUT2D eigenvalue weighted by Gasteiger charge is -2.22. The van der Waals surface area contributed by atoms with E-state index in [4.69, 9.17) is 0 Å². The third-order valence-electron chi connectivity index (χ3n) is 2.44. The predicted octanol–water partition coefficient (Wildman–Crippen LogP) is 4.56. The van der Waals surface area contributed by atoms with Gasteiger partial charge in [0, 0.05) is 5.56 Å². The molecule has 13 heteroatoms. The monoisotopic (exact) mass is 374 g/mol. The second-order valence-electron chi connectivity index (χ2n) is 4.14. The summed E-state index contributed by atoms with van der Waals surface area (Å²) >= 11 is 0. The zero-order chi connectivity index (χ0) is 19.0. The molecule has 0 radical (unpaired) electrons. The van der Waals surface area contributed by atoms with Crippen molar-refractivity contribution in [3.05, 3.63) is 28.8 Å². The van der Waals surface area contributed by atoms with Crippen molar-refractivity contribution in [2.45, 2.75) is 25.4 Å². The number of hydrogen-bond acceptors (Lipinski definition) is 3. The van der Waals surface area contributed by atoms with Gasteiger partial charge in [0.2, 0.25) is 11.6 Å². The second-order valence-corrected chi connectivity index (χ2v) is 4.14. The third-order valence-corrected chi connectivity index (χ3v) is 2.44. The van der Waals surface area contributed by atoms with Crippen LogP contribution >= 0.6 is 0 Å². The third kappa shape index (κ3) is 4.00. The number of ether oxygens (including phenoxy) is 2. The van der Waals surface area contributed by atoms with E-state index < -0.39 is 59.2 Å². The highest BCUT2D eigenvalue weighted by Gasteiger charge is 2.60. The Balaban J connectivity index is 3.13. The zero-order valence-corrected chi connectivity index (χ0v) is 11.1. The fourth-order valence-corrected chi connectivity index (χ4v) is 1.37. The summed E-state index contributed by atoms with van der Waals surface area (Å²) in [7, 11) is 0. The Kier molecular flexibility index (Phi) is 5.25. The van der Waals surface area contributed by atoms with Crippen LogP contribution in [-0.2, 0) is 4.74 Å². The molecule has 0 aliphatic heterocycles. The van der Waals surface area contributed by atoms with Crippen LogP contribution in [0.25, 0.3) is 0 Å². The van der Waals surface area contributed by atoms with Gasteiger partial charge in [-0.2, -0.15) is 30.7 Å². The molecule has 0 spiro atoms. The van der Waals surface area contributed by atoms with E-state index in [2.05, 4.69) is 9.47 Å². The van der Waals surface area contributed by atoms with Crippen LogP contribution in [0.3, 0.4) is 0 Å². The Bertz CT molecular complexity index is 606. The maximum atomic E-state index is 13.3. The normalized spacial score (nSPS) is 12.5. The minimum atomic E-state index is -6.09. The number of carbonyl (C=O) groups is 1. The molecule has 1 aromatic rings. The largest absolute Gasteiger partial charge is 0.514 e. The van der Waals surface area contributed by atoms with Crippen LogP contribution in [0.5, 0.6) is 5.75 Å². The molecular weight excluding hydrogens is 370 g/mol. The highest BCUT2D eigenvalue weighted by Crippen LogP contribution is 2.36. The van der Waals surface area contributed by atoms with Crippen LogP contribution < -0.4 is 4.74 Å². The molecular formula is C11H4F10O3.